The predicted octanol–water partition coefficient (Wildman–Crippen LogP) is 3.43. The highest BCUT2D eigenvalue weighted by Crippen LogP contribution is 2.36. The van der Waals surface area contributed by atoms with Crippen molar-refractivity contribution in [1.82, 2.24) is 0 Å². The number of nitrogens with zero attached hydrogens (tertiary/aromatic N) is 1. The molecule has 8 heteroatoms. The van der Waals surface area contributed by atoms with Gasteiger partial charge in [0.25, 0.3) is 5.91 Å². The third kappa shape index (κ3) is 4.64. The van der Waals surface area contributed by atoms with E-state index in [2.05, 4.69) is 5.32 Å². The highest BCUT2D eigenvalue weighted by Gasteiger charge is 2.36. The second-order valence-corrected chi connectivity index (χ2v) is 8.96. The molecule has 1 aliphatic heterocycles. The van der Waals surface area contributed by atoms with Crippen LogP contribution in [0.1, 0.15) is 5.56 Å². The summed E-state index contributed by atoms with van der Waals surface area (Å²) in [5, 5.41) is 2.77. The summed E-state index contributed by atoms with van der Waals surface area (Å²) >= 11 is 0. The van der Waals surface area contributed by atoms with Gasteiger partial charge in [0.05, 0.1) is 25.1 Å². The van der Waals surface area contributed by atoms with Crippen LogP contribution >= 0.6 is 0 Å². The molecule has 0 fully saturated rings. The van der Waals surface area contributed by atoms with Gasteiger partial charge in [0, 0.05) is 11.8 Å². The first-order valence-electron chi connectivity index (χ1n) is 9.71. The molecule has 160 valence electrons. The highest BCUT2D eigenvalue weighted by atomic mass is 32.2. The minimum atomic E-state index is -3.75. The molecule has 4 rings (SSSR count). The predicted molar refractivity (Wildman–Crippen MR) is 119 cm³/mol. The van der Waals surface area contributed by atoms with Crippen molar-refractivity contribution < 1.29 is 22.7 Å². The summed E-state index contributed by atoms with van der Waals surface area (Å²) in [7, 11) is -2.21. The van der Waals surface area contributed by atoms with Gasteiger partial charge < -0.3 is 14.8 Å². The van der Waals surface area contributed by atoms with Gasteiger partial charge >= 0.3 is 0 Å². The van der Waals surface area contributed by atoms with Crippen molar-refractivity contribution in [2.45, 2.75) is 11.9 Å². The Bertz CT molecular complexity index is 1180. The number of anilines is 2. The van der Waals surface area contributed by atoms with E-state index in [4.69, 9.17) is 9.47 Å². The topological polar surface area (TPSA) is 84.9 Å². The van der Waals surface area contributed by atoms with Crippen molar-refractivity contribution in [3.05, 3.63) is 84.4 Å². The fraction of sp³-hybridized carbons (Fsp3) is 0.174. The number of fused-ring (bicyclic) bond motifs is 1. The summed E-state index contributed by atoms with van der Waals surface area (Å²) in [4.78, 5) is 12.9. The van der Waals surface area contributed by atoms with E-state index >= 15 is 0 Å². The number of amides is 1. The van der Waals surface area contributed by atoms with Crippen molar-refractivity contribution in [1.29, 1.82) is 0 Å². The molecule has 1 N–H and O–H groups in total. The van der Waals surface area contributed by atoms with Gasteiger partial charge in [-0.2, -0.15) is 0 Å². The Balaban J connectivity index is 1.60. The molecule has 1 aliphatic rings. The smallest absolute Gasteiger partial charge is 0.267 e. The lowest BCUT2D eigenvalue weighted by atomic mass is 10.2. The summed E-state index contributed by atoms with van der Waals surface area (Å²) in [6.07, 6.45) is -1.01. The lowest BCUT2D eigenvalue weighted by Crippen LogP contribution is -2.49. The van der Waals surface area contributed by atoms with E-state index in [1.54, 1.807) is 72.8 Å². The third-order valence-electron chi connectivity index (χ3n) is 4.89. The van der Waals surface area contributed by atoms with Crippen LogP contribution in [0.15, 0.2) is 78.9 Å². The maximum absolute atomic E-state index is 13.2. The number of rotatable bonds is 6. The number of hydrogen-bond acceptors (Lipinski definition) is 5. The van der Waals surface area contributed by atoms with E-state index in [-0.39, 0.29) is 12.3 Å². The number of carbonyl (C=O) groups excluding carboxylic acids is 1. The molecule has 0 unspecified atom stereocenters. The lowest BCUT2D eigenvalue weighted by molar-refractivity contribution is -0.122. The number of carbonyl (C=O) groups is 1. The lowest BCUT2D eigenvalue weighted by Gasteiger charge is -2.34. The number of benzene rings is 3. The summed E-state index contributed by atoms with van der Waals surface area (Å²) in [5.41, 5.74) is 1.62. The molecular formula is C23H22N2O5S. The van der Waals surface area contributed by atoms with Crippen LogP contribution in [0.5, 0.6) is 11.5 Å². The zero-order chi connectivity index (χ0) is 21.8. The zero-order valence-corrected chi connectivity index (χ0v) is 17.7. The van der Waals surface area contributed by atoms with Crippen LogP contribution in [0.2, 0.25) is 0 Å². The van der Waals surface area contributed by atoms with Crippen LogP contribution in [0.3, 0.4) is 0 Å². The molecule has 0 saturated heterocycles. The molecule has 3 aromatic rings. The first kappa shape index (κ1) is 20.7. The van der Waals surface area contributed by atoms with Crippen LogP contribution < -0.4 is 19.1 Å². The zero-order valence-electron chi connectivity index (χ0n) is 16.9. The second kappa shape index (κ2) is 8.69. The molecule has 0 spiro atoms. The summed E-state index contributed by atoms with van der Waals surface area (Å²) < 4.78 is 38.8. The second-order valence-electron chi connectivity index (χ2n) is 7.07. The Morgan fingerprint density at radius 2 is 1.81 bits per heavy atom. The first-order chi connectivity index (χ1) is 15.0. The summed E-state index contributed by atoms with van der Waals surface area (Å²) in [5.74, 6) is 0.325. The Morgan fingerprint density at radius 1 is 1.06 bits per heavy atom. The van der Waals surface area contributed by atoms with Crippen LogP contribution in [0.25, 0.3) is 0 Å². The highest BCUT2D eigenvalue weighted by molar-refractivity contribution is 7.92. The third-order valence-corrected chi connectivity index (χ3v) is 6.61. The fourth-order valence-corrected chi connectivity index (χ4v) is 4.97. The number of ether oxygens (including phenoxy) is 2. The van der Waals surface area contributed by atoms with Crippen molar-refractivity contribution in [2.75, 3.05) is 23.3 Å². The van der Waals surface area contributed by atoms with E-state index in [1.807, 2.05) is 6.07 Å². The molecule has 31 heavy (non-hydrogen) atoms. The molecule has 0 aromatic heterocycles. The van der Waals surface area contributed by atoms with Crippen LogP contribution in [0, 0.1) is 0 Å². The van der Waals surface area contributed by atoms with Gasteiger partial charge in [0.15, 0.2) is 6.10 Å². The van der Waals surface area contributed by atoms with Gasteiger partial charge in [-0.25, -0.2) is 8.42 Å². The van der Waals surface area contributed by atoms with E-state index in [0.717, 1.165) is 0 Å². The molecule has 0 radical (unpaired) electrons. The first-order valence-corrected chi connectivity index (χ1v) is 11.3. The molecule has 1 atom stereocenters. The van der Waals surface area contributed by atoms with Crippen molar-refractivity contribution in [2.24, 2.45) is 0 Å². The molecular weight excluding hydrogens is 416 g/mol. The summed E-state index contributed by atoms with van der Waals surface area (Å²) in [6, 6.07) is 22.7. The molecule has 1 heterocycles. The van der Waals surface area contributed by atoms with Crippen molar-refractivity contribution in [3.63, 3.8) is 0 Å². The van der Waals surface area contributed by atoms with Crippen LogP contribution in [-0.4, -0.2) is 34.1 Å². The van der Waals surface area contributed by atoms with Crippen LogP contribution in [-0.2, 0) is 20.6 Å². The van der Waals surface area contributed by atoms with Gasteiger partial charge in [-0.15, -0.1) is 0 Å². The number of sulfonamides is 1. The Kier molecular flexibility index (Phi) is 5.81. The van der Waals surface area contributed by atoms with Gasteiger partial charge in [0.2, 0.25) is 10.0 Å². The van der Waals surface area contributed by atoms with Crippen molar-refractivity contribution >= 4 is 27.3 Å². The van der Waals surface area contributed by atoms with Gasteiger partial charge in [-0.3, -0.25) is 9.10 Å². The average molecular weight is 439 g/mol. The largest absolute Gasteiger partial charge is 0.497 e. The number of methoxy groups -OCH3 is 1. The molecule has 7 nitrogen and oxygen atoms in total. The number of hydrogen-bond donors (Lipinski definition) is 1. The van der Waals surface area contributed by atoms with Gasteiger partial charge in [-0.05, 0) is 29.8 Å². The van der Waals surface area contributed by atoms with Crippen LogP contribution in [0.4, 0.5) is 11.4 Å². The Labute approximate surface area is 181 Å². The monoisotopic (exact) mass is 438 g/mol. The van der Waals surface area contributed by atoms with E-state index in [1.165, 1.54) is 11.4 Å². The van der Waals surface area contributed by atoms with Gasteiger partial charge in [0.1, 0.15) is 11.5 Å². The number of para-hydroxylation sites is 2. The molecule has 3 aromatic carbocycles. The Morgan fingerprint density at radius 3 is 2.58 bits per heavy atom. The number of nitrogens with one attached hydrogen (secondary N) is 1. The Hall–Kier alpha value is -3.52. The molecule has 0 aliphatic carbocycles. The standard InChI is InChI=1S/C23H22N2O5S/c1-29-19-11-7-10-18(14-19)24-23(26)22-15-25(20-12-5-6-13-21(20)30-22)31(27,28)16-17-8-3-2-4-9-17/h2-14,22H,15-16H2,1H3,(H,24,26)/t22-/m1/s1. The van der Waals surface area contributed by atoms with Crippen molar-refractivity contribution in [3.8, 4) is 11.5 Å². The quantitative estimate of drug-likeness (QED) is 0.637. The molecule has 0 bridgehead atoms. The molecule has 1 amide bonds. The minimum Gasteiger partial charge on any atom is -0.497 e. The molecule has 0 saturated carbocycles. The summed E-state index contributed by atoms with van der Waals surface area (Å²) in [6.45, 7) is -0.123. The normalized spacial score (nSPS) is 15.5. The van der Waals surface area contributed by atoms with E-state index in [0.29, 0.717) is 28.4 Å². The average Bonchev–Trinajstić information content (AvgIpc) is 2.78. The maximum atomic E-state index is 13.2. The fourth-order valence-electron chi connectivity index (χ4n) is 3.39. The van der Waals surface area contributed by atoms with Gasteiger partial charge in [-0.1, -0.05) is 48.5 Å². The van der Waals surface area contributed by atoms with E-state index < -0.39 is 22.0 Å². The maximum Gasteiger partial charge on any atom is 0.267 e. The van der Waals surface area contributed by atoms with E-state index in [9.17, 15) is 13.2 Å². The minimum absolute atomic E-state index is 0.123. The SMILES string of the molecule is COc1cccc(NC(=O)[C@H]2CN(S(=O)(=O)Cc3ccccc3)c3ccccc3O2)c1.